The highest BCUT2D eigenvalue weighted by Crippen LogP contribution is 2.47. The molecule has 84 valence electrons. The monoisotopic (exact) mass is 277 g/mol. The standard InChI is InChI=1S/C14H16BrN/c1-6-10-7-13-11(8-12(10)15)14(3,4)9(2)16(13)5/h6-8H,1-2H2,3-5H3. The van der Waals surface area contributed by atoms with Crippen molar-refractivity contribution in [3.8, 4) is 0 Å². The van der Waals surface area contributed by atoms with Crippen molar-refractivity contribution in [2.24, 2.45) is 0 Å². The SMILES string of the molecule is C=Cc1cc2c(cc1Br)C(C)(C)C(=C)N2C. The van der Waals surface area contributed by atoms with Gasteiger partial charge in [-0.3, -0.25) is 0 Å². The van der Waals surface area contributed by atoms with E-state index in [4.69, 9.17) is 0 Å². The molecule has 1 heterocycles. The van der Waals surface area contributed by atoms with Crippen LogP contribution >= 0.6 is 15.9 Å². The largest absolute Gasteiger partial charge is 0.348 e. The normalized spacial score (nSPS) is 17.5. The van der Waals surface area contributed by atoms with Crippen molar-refractivity contribution in [3.05, 3.63) is 46.6 Å². The molecule has 1 aliphatic heterocycles. The van der Waals surface area contributed by atoms with E-state index in [0.717, 1.165) is 15.7 Å². The molecule has 0 aromatic heterocycles. The van der Waals surface area contributed by atoms with Gasteiger partial charge < -0.3 is 4.90 Å². The molecular formula is C14H16BrN. The predicted octanol–water partition coefficient (Wildman–Crippen LogP) is 4.33. The predicted molar refractivity (Wildman–Crippen MR) is 74.8 cm³/mol. The van der Waals surface area contributed by atoms with Crippen molar-refractivity contribution in [1.29, 1.82) is 0 Å². The van der Waals surface area contributed by atoms with E-state index in [2.05, 4.69) is 67.0 Å². The summed E-state index contributed by atoms with van der Waals surface area (Å²) in [5.41, 5.74) is 4.81. The van der Waals surface area contributed by atoms with E-state index in [9.17, 15) is 0 Å². The Balaban J connectivity index is 2.73. The zero-order valence-corrected chi connectivity index (χ0v) is 11.6. The first-order valence-electron chi connectivity index (χ1n) is 5.29. The quantitative estimate of drug-likeness (QED) is 0.739. The van der Waals surface area contributed by atoms with Crippen LogP contribution in [0, 0.1) is 0 Å². The molecule has 16 heavy (non-hydrogen) atoms. The van der Waals surface area contributed by atoms with Gasteiger partial charge in [0.15, 0.2) is 0 Å². The molecule has 0 saturated heterocycles. The van der Waals surface area contributed by atoms with E-state index < -0.39 is 0 Å². The van der Waals surface area contributed by atoms with Gasteiger partial charge in [0.25, 0.3) is 0 Å². The molecule has 0 aliphatic carbocycles. The lowest BCUT2D eigenvalue weighted by Crippen LogP contribution is -2.21. The lowest BCUT2D eigenvalue weighted by molar-refractivity contribution is 0.642. The number of fused-ring (bicyclic) bond motifs is 1. The number of likely N-dealkylation sites (N-methyl/N-ethyl adjacent to an activating group) is 1. The number of hydrogen-bond donors (Lipinski definition) is 0. The van der Waals surface area contributed by atoms with Crippen molar-refractivity contribution in [1.82, 2.24) is 0 Å². The van der Waals surface area contributed by atoms with E-state index in [1.807, 2.05) is 6.08 Å². The summed E-state index contributed by atoms with van der Waals surface area (Å²) < 4.78 is 1.09. The van der Waals surface area contributed by atoms with Gasteiger partial charge in [-0.1, -0.05) is 49.0 Å². The average Bonchev–Trinajstić information content (AvgIpc) is 2.40. The van der Waals surface area contributed by atoms with Crippen molar-refractivity contribution in [2.75, 3.05) is 11.9 Å². The summed E-state index contributed by atoms with van der Waals surface area (Å²) in [5, 5.41) is 0. The van der Waals surface area contributed by atoms with Crippen LogP contribution in [0.15, 0.2) is 35.5 Å². The number of rotatable bonds is 1. The molecule has 2 rings (SSSR count). The molecule has 1 aromatic rings. The van der Waals surface area contributed by atoms with Gasteiger partial charge in [-0.2, -0.15) is 0 Å². The fourth-order valence-electron chi connectivity index (χ4n) is 2.23. The van der Waals surface area contributed by atoms with Crippen molar-refractivity contribution < 1.29 is 0 Å². The summed E-state index contributed by atoms with van der Waals surface area (Å²) in [7, 11) is 2.07. The molecule has 1 aromatic carbocycles. The molecule has 0 fully saturated rings. The zero-order chi connectivity index (χ0) is 12.1. The van der Waals surface area contributed by atoms with Crippen molar-refractivity contribution in [3.63, 3.8) is 0 Å². The highest BCUT2D eigenvalue weighted by atomic mass is 79.9. The van der Waals surface area contributed by atoms with Crippen LogP contribution in [0.25, 0.3) is 6.08 Å². The molecule has 0 spiro atoms. The Bertz CT molecular complexity index is 486. The summed E-state index contributed by atoms with van der Waals surface area (Å²) >= 11 is 3.58. The molecule has 0 unspecified atom stereocenters. The van der Waals surface area contributed by atoms with Gasteiger partial charge in [0.05, 0.1) is 0 Å². The highest BCUT2D eigenvalue weighted by molar-refractivity contribution is 9.10. The maximum Gasteiger partial charge on any atom is 0.0454 e. The zero-order valence-electron chi connectivity index (χ0n) is 9.97. The number of hydrogen-bond acceptors (Lipinski definition) is 1. The van der Waals surface area contributed by atoms with Crippen LogP contribution in [-0.4, -0.2) is 7.05 Å². The van der Waals surface area contributed by atoms with E-state index >= 15 is 0 Å². The Labute approximate surface area is 106 Å². The van der Waals surface area contributed by atoms with Gasteiger partial charge in [0.1, 0.15) is 0 Å². The number of halogens is 1. The lowest BCUT2D eigenvalue weighted by Gasteiger charge is -2.22. The third kappa shape index (κ3) is 1.36. The molecule has 0 saturated carbocycles. The molecular weight excluding hydrogens is 262 g/mol. The fraction of sp³-hybridized carbons (Fsp3) is 0.286. The summed E-state index contributed by atoms with van der Waals surface area (Å²) in [6, 6.07) is 4.34. The maximum absolute atomic E-state index is 4.17. The molecule has 1 aliphatic rings. The van der Waals surface area contributed by atoms with Crippen LogP contribution in [0.3, 0.4) is 0 Å². The summed E-state index contributed by atoms with van der Waals surface area (Å²) in [6.07, 6.45) is 1.87. The fourth-order valence-corrected chi connectivity index (χ4v) is 2.74. The second-order valence-electron chi connectivity index (χ2n) is 4.73. The topological polar surface area (TPSA) is 3.24 Å². The van der Waals surface area contributed by atoms with E-state index in [0.29, 0.717) is 0 Å². The van der Waals surface area contributed by atoms with Crippen LogP contribution in [0.4, 0.5) is 5.69 Å². The maximum atomic E-state index is 4.17. The Morgan fingerprint density at radius 1 is 1.38 bits per heavy atom. The molecule has 1 nitrogen and oxygen atoms in total. The van der Waals surface area contributed by atoms with E-state index in [1.165, 1.54) is 11.3 Å². The third-order valence-corrected chi connectivity index (χ3v) is 4.18. The summed E-state index contributed by atoms with van der Waals surface area (Å²) in [4.78, 5) is 2.16. The number of benzene rings is 1. The van der Waals surface area contributed by atoms with Gasteiger partial charge in [0.2, 0.25) is 0 Å². The Kier molecular flexibility index (Phi) is 2.50. The molecule has 0 amide bonds. The minimum absolute atomic E-state index is 0.00625. The van der Waals surface area contributed by atoms with E-state index in [-0.39, 0.29) is 5.41 Å². The Hall–Kier alpha value is -1.02. The molecule has 2 heteroatoms. The van der Waals surface area contributed by atoms with Gasteiger partial charge in [-0.05, 0) is 23.3 Å². The van der Waals surface area contributed by atoms with Crippen LogP contribution in [0.1, 0.15) is 25.0 Å². The molecule has 0 atom stereocenters. The van der Waals surface area contributed by atoms with Crippen LogP contribution in [-0.2, 0) is 5.41 Å². The van der Waals surface area contributed by atoms with Crippen molar-refractivity contribution in [2.45, 2.75) is 19.3 Å². The van der Waals surface area contributed by atoms with Gasteiger partial charge >= 0.3 is 0 Å². The van der Waals surface area contributed by atoms with E-state index in [1.54, 1.807) is 0 Å². The minimum Gasteiger partial charge on any atom is -0.348 e. The first-order valence-corrected chi connectivity index (χ1v) is 6.08. The van der Waals surface area contributed by atoms with Gasteiger partial charge in [-0.15, -0.1) is 0 Å². The Morgan fingerprint density at radius 2 is 2.00 bits per heavy atom. The second-order valence-corrected chi connectivity index (χ2v) is 5.58. The molecule has 0 bridgehead atoms. The summed E-state index contributed by atoms with van der Waals surface area (Å²) in [5.74, 6) is 0. The number of anilines is 1. The smallest absolute Gasteiger partial charge is 0.0454 e. The van der Waals surface area contributed by atoms with Gasteiger partial charge in [-0.25, -0.2) is 0 Å². The highest BCUT2D eigenvalue weighted by Gasteiger charge is 2.37. The second kappa shape index (κ2) is 3.49. The first-order chi connectivity index (χ1) is 7.39. The number of nitrogens with zero attached hydrogens (tertiary/aromatic N) is 1. The minimum atomic E-state index is 0.00625. The van der Waals surface area contributed by atoms with Crippen LogP contribution in [0.2, 0.25) is 0 Å². The van der Waals surface area contributed by atoms with Crippen LogP contribution in [0.5, 0.6) is 0 Å². The third-order valence-electron chi connectivity index (χ3n) is 3.50. The molecule has 0 N–H and O–H groups in total. The summed E-state index contributed by atoms with van der Waals surface area (Å²) in [6.45, 7) is 12.4. The molecule has 0 radical (unpaired) electrons. The van der Waals surface area contributed by atoms with Crippen LogP contribution < -0.4 is 4.90 Å². The Morgan fingerprint density at radius 3 is 2.56 bits per heavy atom. The average molecular weight is 278 g/mol. The number of allylic oxidation sites excluding steroid dienone is 1. The lowest BCUT2D eigenvalue weighted by atomic mass is 9.84. The van der Waals surface area contributed by atoms with Gasteiger partial charge in [0, 0.05) is 28.3 Å². The van der Waals surface area contributed by atoms with Crippen molar-refractivity contribution >= 4 is 27.7 Å². The first kappa shape index (κ1) is 11.5.